The number of carbonyl (C=O) groups excluding carboxylic acids is 2. The van der Waals surface area contributed by atoms with E-state index in [1.807, 2.05) is 12.1 Å². The summed E-state index contributed by atoms with van der Waals surface area (Å²) in [7, 11) is 0. The van der Waals surface area contributed by atoms with Gasteiger partial charge < -0.3 is 9.47 Å². The molecule has 0 aromatic heterocycles. The highest BCUT2D eigenvalue weighted by molar-refractivity contribution is 6.00. The van der Waals surface area contributed by atoms with Crippen LogP contribution < -0.4 is 4.74 Å². The number of esters is 1. The SMILES string of the molecule is CC(OC(=O)C1CCCCC1)C(=O)c1ccc2c(c1)CCO2. The van der Waals surface area contributed by atoms with E-state index >= 15 is 0 Å². The molecule has 1 fully saturated rings. The minimum Gasteiger partial charge on any atom is -0.493 e. The van der Waals surface area contributed by atoms with Crippen LogP contribution in [-0.4, -0.2) is 24.5 Å². The van der Waals surface area contributed by atoms with Crippen molar-refractivity contribution < 1.29 is 19.1 Å². The molecule has 4 nitrogen and oxygen atoms in total. The Balaban J connectivity index is 1.62. The van der Waals surface area contributed by atoms with Gasteiger partial charge in [-0.2, -0.15) is 0 Å². The number of benzene rings is 1. The van der Waals surface area contributed by atoms with Gasteiger partial charge in [0.25, 0.3) is 0 Å². The number of ketones is 1. The Labute approximate surface area is 130 Å². The first-order valence-corrected chi connectivity index (χ1v) is 8.15. The number of rotatable bonds is 4. The fourth-order valence-electron chi connectivity index (χ4n) is 3.24. The number of hydrogen-bond acceptors (Lipinski definition) is 4. The molecule has 4 heteroatoms. The molecule has 118 valence electrons. The van der Waals surface area contributed by atoms with Crippen LogP contribution in [0.3, 0.4) is 0 Å². The zero-order valence-corrected chi connectivity index (χ0v) is 13.0. The van der Waals surface area contributed by atoms with Crippen LogP contribution in [-0.2, 0) is 16.0 Å². The van der Waals surface area contributed by atoms with Crippen LogP contribution in [0, 0.1) is 5.92 Å². The summed E-state index contributed by atoms with van der Waals surface area (Å²) in [5.74, 6) is 0.463. The molecule has 0 bridgehead atoms. The third-order valence-corrected chi connectivity index (χ3v) is 4.57. The molecule has 22 heavy (non-hydrogen) atoms. The topological polar surface area (TPSA) is 52.6 Å². The molecule has 3 rings (SSSR count). The van der Waals surface area contributed by atoms with E-state index < -0.39 is 6.10 Å². The van der Waals surface area contributed by atoms with E-state index in [2.05, 4.69) is 0 Å². The van der Waals surface area contributed by atoms with E-state index in [1.165, 1.54) is 6.42 Å². The number of ether oxygens (including phenoxy) is 2. The highest BCUT2D eigenvalue weighted by Gasteiger charge is 2.27. The lowest BCUT2D eigenvalue weighted by molar-refractivity contribution is -0.152. The summed E-state index contributed by atoms with van der Waals surface area (Å²) >= 11 is 0. The summed E-state index contributed by atoms with van der Waals surface area (Å²) in [6.45, 7) is 2.33. The van der Waals surface area contributed by atoms with E-state index in [0.29, 0.717) is 12.2 Å². The number of hydrogen-bond donors (Lipinski definition) is 0. The summed E-state index contributed by atoms with van der Waals surface area (Å²) in [5, 5.41) is 0. The maximum Gasteiger partial charge on any atom is 0.309 e. The fraction of sp³-hybridized carbons (Fsp3) is 0.556. The van der Waals surface area contributed by atoms with Gasteiger partial charge in [-0.3, -0.25) is 9.59 Å². The molecule has 0 N–H and O–H groups in total. The minimum absolute atomic E-state index is 0.0302. The van der Waals surface area contributed by atoms with Crippen LogP contribution in [0.4, 0.5) is 0 Å². The first-order chi connectivity index (χ1) is 10.6. The second kappa shape index (κ2) is 6.51. The Hall–Kier alpha value is -1.84. The summed E-state index contributed by atoms with van der Waals surface area (Å²) in [5.41, 5.74) is 1.64. The molecule has 1 aromatic carbocycles. The fourth-order valence-corrected chi connectivity index (χ4v) is 3.24. The van der Waals surface area contributed by atoms with Crippen molar-refractivity contribution in [2.75, 3.05) is 6.61 Å². The third kappa shape index (κ3) is 3.16. The Bertz CT molecular complexity index is 572. The van der Waals surface area contributed by atoms with E-state index in [4.69, 9.17) is 9.47 Å². The summed E-state index contributed by atoms with van der Waals surface area (Å²) < 4.78 is 10.8. The average molecular weight is 302 g/mol. The van der Waals surface area contributed by atoms with Gasteiger partial charge >= 0.3 is 5.97 Å². The Kier molecular flexibility index (Phi) is 4.46. The first kappa shape index (κ1) is 15.1. The predicted octanol–water partition coefficient (Wildman–Crippen LogP) is 3.32. The summed E-state index contributed by atoms with van der Waals surface area (Å²) in [4.78, 5) is 24.6. The number of fused-ring (bicyclic) bond motifs is 1. The largest absolute Gasteiger partial charge is 0.493 e. The van der Waals surface area contributed by atoms with Crippen LogP contribution in [0.15, 0.2) is 18.2 Å². The van der Waals surface area contributed by atoms with E-state index in [-0.39, 0.29) is 17.7 Å². The normalized spacial score (nSPS) is 19.1. The number of carbonyl (C=O) groups is 2. The van der Waals surface area contributed by atoms with Crippen molar-refractivity contribution in [3.8, 4) is 5.75 Å². The van der Waals surface area contributed by atoms with Gasteiger partial charge in [-0.15, -0.1) is 0 Å². The molecule has 1 aliphatic heterocycles. The molecule has 1 heterocycles. The molecule has 1 saturated carbocycles. The molecule has 0 saturated heterocycles. The molecule has 1 atom stereocenters. The molecular formula is C18H22O4. The van der Waals surface area contributed by atoms with Gasteiger partial charge in [-0.1, -0.05) is 19.3 Å². The maximum atomic E-state index is 12.4. The maximum absolute atomic E-state index is 12.4. The van der Waals surface area contributed by atoms with Crippen LogP contribution in [0.25, 0.3) is 0 Å². The van der Waals surface area contributed by atoms with Gasteiger partial charge in [0.05, 0.1) is 12.5 Å². The van der Waals surface area contributed by atoms with E-state index in [9.17, 15) is 9.59 Å². The smallest absolute Gasteiger partial charge is 0.309 e. The molecule has 1 aliphatic carbocycles. The molecule has 0 spiro atoms. The van der Waals surface area contributed by atoms with Crippen LogP contribution in [0.2, 0.25) is 0 Å². The zero-order chi connectivity index (χ0) is 15.5. The highest BCUT2D eigenvalue weighted by atomic mass is 16.5. The monoisotopic (exact) mass is 302 g/mol. The average Bonchev–Trinajstić information content (AvgIpc) is 3.02. The lowest BCUT2D eigenvalue weighted by atomic mass is 9.89. The van der Waals surface area contributed by atoms with Gasteiger partial charge in [-0.05, 0) is 43.5 Å². The lowest BCUT2D eigenvalue weighted by Crippen LogP contribution is -2.29. The van der Waals surface area contributed by atoms with E-state index in [0.717, 1.165) is 43.4 Å². The molecule has 0 radical (unpaired) electrons. The predicted molar refractivity (Wildman–Crippen MR) is 82.1 cm³/mol. The summed E-state index contributed by atoms with van der Waals surface area (Å²) in [6.07, 6.45) is 5.21. The Morgan fingerprint density at radius 3 is 2.77 bits per heavy atom. The second-order valence-electron chi connectivity index (χ2n) is 6.20. The van der Waals surface area contributed by atoms with Crippen molar-refractivity contribution in [3.05, 3.63) is 29.3 Å². The Morgan fingerprint density at radius 2 is 2.00 bits per heavy atom. The number of Topliss-reactive ketones (excluding diaryl/α,β-unsaturated/α-hetero) is 1. The standard InChI is InChI=1S/C18H22O4/c1-12(22-18(20)13-5-3-2-4-6-13)17(19)15-7-8-16-14(11-15)9-10-21-16/h7-8,11-13H,2-6,9-10H2,1H3. The highest BCUT2D eigenvalue weighted by Crippen LogP contribution is 2.27. The minimum atomic E-state index is -0.727. The van der Waals surface area contributed by atoms with Crippen molar-refractivity contribution in [1.82, 2.24) is 0 Å². The van der Waals surface area contributed by atoms with Gasteiger partial charge in [0.1, 0.15) is 5.75 Å². The van der Waals surface area contributed by atoms with Crippen molar-refractivity contribution >= 4 is 11.8 Å². The molecule has 2 aliphatic rings. The van der Waals surface area contributed by atoms with Crippen molar-refractivity contribution in [2.24, 2.45) is 5.92 Å². The van der Waals surface area contributed by atoms with Gasteiger partial charge in [0.2, 0.25) is 5.78 Å². The molecule has 1 unspecified atom stereocenters. The second-order valence-corrected chi connectivity index (χ2v) is 6.20. The van der Waals surface area contributed by atoms with Gasteiger partial charge in [0.15, 0.2) is 6.10 Å². The molecule has 1 aromatic rings. The van der Waals surface area contributed by atoms with Crippen molar-refractivity contribution in [2.45, 2.75) is 51.6 Å². The Morgan fingerprint density at radius 1 is 1.23 bits per heavy atom. The third-order valence-electron chi connectivity index (χ3n) is 4.57. The van der Waals surface area contributed by atoms with Gasteiger partial charge in [0, 0.05) is 12.0 Å². The van der Waals surface area contributed by atoms with Crippen molar-refractivity contribution in [1.29, 1.82) is 0 Å². The first-order valence-electron chi connectivity index (χ1n) is 8.15. The molecular weight excluding hydrogens is 280 g/mol. The summed E-state index contributed by atoms with van der Waals surface area (Å²) in [6, 6.07) is 5.43. The lowest BCUT2D eigenvalue weighted by Gasteiger charge is -2.22. The van der Waals surface area contributed by atoms with Crippen LogP contribution in [0.5, 0.6) is 5.75 Å². The van der Waals surface area contributed by atoms with E-state index in [1.54, 1.807) is 13.0 Å². The van der Waals surface area contributed by atoms with Crippen LogP contribution >= 0.6 is 0 Å². The van der Waals surface area contributed by atoms with Crippen LogP contribution in [0.1, 0.15) is 54.9 Å². The molecule has 0 amide bonds. The quantitative estimate of drug-likeness (QED) is 0.632. The van der Waals surface area contributed by atoms with Crippen molar-refractivity contribution in [3.63, 3.8) is 0 Å². The van der Waals surface area contributed by atoms with Gasteiger partial charge in [-0.25, -0.2) is 0 Å². The zero-order valence-electron chi connectivity index (χ0n) is 13.0.